The van der Waals surface area contributed by atoms with Crippen LogP contribution in [0.4, 0.5) is 5.82 Å². The molecule has 1 aliphatic rings. The van der Waals surface area contributed by atoms with E-state index in [1.807, 2.05) is 6.07 Å². The topological polar surface area (TPSA) is 92.9 Å². The summed E-state index contributed by atoms with van der Waals surface area (Å²) in [6.45, 7) is 1.92. The minimum atomic E-state index is -0.474. The number of anilines is 1. The molecule has 19 heavy (non-hydrogen) atoms. The average molecular weight is 257 g/mol. The highest BCUT2D eigenvalue weighted by molar-refractivity contribution is 6.06. The molecule has 1 fully saturated rings. The second-order valence-corrected chi connectivity index (χ2v) is 4.62. The predicted octanol–water partition coefficient (Wildman–Crippen LogP) is 0.502. The molecule has 2 aromatic rings. The number of nitrogens with two attached hydrogens (primary N) is 1. The number of hydrogen-bond donors (Lipinski definition) is 3. The van der Waals surface area contributed by atoms with E-state index >= 15 is 0 Å². The number of carbonyl (C=O) groups excluding carboxylic acids is 1. The second-order valence-electron chi connectivity index (χ2n) is 4.62. The molecule has 1 aromatic carbocycles. The monoisotopic (exact) mass is 257 g/mol. The summed E-state index contributed by atoms with van der Waals surface area (Å²) in [5.74, 6) is 0.277. The number of para-hydroxylation sites is 1. The molecule has 0 spiro atoms. The summed E-state index contributed by atoms with van der Waals surface area (Å²) in [4.78, 5) is 19.8. The van der Waals surface area contributed by atoms with E-state index in [-0.39, 0.29) is 0 Å². The van der Waals surface area contributed by atoms with Gasteiger partial charge in [0.15, 0.2) is 0 Å². The maximum absolute atomic E-state index is 11.4. The SMILES string of the molecule is NC(=O)c1cccc2c(N[C@@H]3CCNC3)ncnc12. The molecule has 1 aliphatic heterocycles. The molecule has 1 saturated heterocycles. The number of carbonyl (C=O) groups is 1. The van der Waals surface area contributed by atoms with Gasteiger partial charge in [-0.15, -0.1) is 0 Å². The van der Waals surface area contributed by atoms with Crippen LogP contribution >= 0.6 is 0 Å². The Balaban J connectivity index is 2.05. The van der Waals surface area contributed by atoms with Crippen molar-refractivity contribution in [2.45, 2.75) is 12.5 Å². The van der Waals surface area contributed by atoms with E-state index in [1.54, 1.807) is 12.1 Å². The van der Waals surface area contributed by atoms with Crippen LogP contribution in [0, 0.1) is 0 Å². The van der Waals surface area contributed by atoms with Crippen molar-refractivity contribution in [1.29, 1.82) is 0 Å². The lowest BCUT2D eigenvalue weighted by atomic mass is 10.1. The molecular weight excluding hydrogens is 242 g/mol. The first-order chi connectivity index (χ1) is 9.25. The Hall–Kier alpha value is -2.21. The van der Waals surface area contributed by atoms with Gasteiger partial charge in [0.25, 0.3) is 5.91 Å². The smallest absolute Gasteiger partial charge is 0.250 e. The fourth-order valence-electron chi connectivity index (χ4n) is 2.37. The molecule has 0 radical (unpaired) electrons. The minimum absolute atomic E-state index is 0.357. The van der Waals surface area contributed by atoms with Crippen LogP contribution in [0.5, 0.6) is 0 Å². The van der Waals surface area contributed by atoms with Crippen molar-refractivity contribution in [2.24, 2.45) is 5.73 Å². The van der Waals surface area contributed by atoms with E-state index in [0.717, 1.165) is 30.7 Å². The van der Waals surface area contributed by atoms with Crippen molar-refractivity contribution in [3.8, 4) is 0 Å². The van der Waals surface area contributed by atoms with Gasteiger partial charge in [0.2, 0.25) is 0 Å². The van der Waals surface area contributed by atoms with Crippen molar-refractivity contribution >= 4 is 22.6 Å². The van der Waals surface area contributed by atoms with Gasteiger partial charge in [-0.1, -0.05) is 6.07 Å². The van der Waals surface area contributed by atoms with E-state index in [4.69, 9.17) is 5.73 Å². The number of nitrogens with one attached hydrogen (secondary N) is 2. The summed E-state index contributed by atoms with van der Waals surface area (Å²) in [5.41, 5.74) is 6.38. The summed E-state index contributed by atoms with van der Waals surface area (Å²) < 4.78 is 0. The lowest BCUT2D eigenvalue weighted by molar-refractivity contribution is 0.100. The average Bonchev–Trinajstić information content (AvgIpc) is 2.91. The first kappa shape index (κ1) is 11.9. The zero-order chi connectivity index (χ0) is 13.2. The first-order valence-electron chi connectivity index (χ1n) is 6.26. The molecule has 1 aromatic heterocycles. The van der Waals surface area contributed by atoms with Crippen LogP contribution in [0.3, 0.4) is 0 Å². The van der Waals surface area contributed by atoms with Crippen LogP contribution in [-0.2, 0) is 0 Å². The van der Waals surface area contributed by atoms with Crippen LogP contribution in [-0.4, -0.2) is 35.0 Å². The minimum Gasteiger partial charge on any atom is -0.366 e. The largest absolute Gasteiger partial charge is 0.366 e. The number of primary amides is 1. The lowest BCUT2D eigenvalue weighted by Crippen LogP contribution is -2.23. The number of benzene rings is 1. The summed E-state index contributed by atoms with van der Waals surface area (Å²) in [6, 6.07) is 5.73. The number of aromatic nitrogens is 2. The summed E-state index contributed by atoms with van der Waals surface area (Å²) in [5, 5.41) is 7.50. The Morgan fingerprint density at radius 3 is 3.05 bits per heavy atom. The third kappa shape index (κ3) is 2.22. The molecular formula is C13H15N5O. The van der Waals surface area contributed by atoms with Gasteiger partial charge in [-0.05, 0) is 25.1 Å². The Kier molecular flexibility index (Phi) is 3.00. The van der Waals surface area contributed by atoms with Crippen LogP contribution in [0.15, 0.2) is 24.5 Å². The fourth-order valence-corrected chi connectivity index (χ4v) is 2.37. The molecule has 0 unspecified atom stereocenters. The van der Waals surface area contributed by atoms with Gasteiger partial charge in [-0.2, -0.15) is 0 Å². The van der Waals surface area contributed by atoms with Crippen molar-refractivity contribution in [1.82, 2.24) is 15.3 Å². The van der Waals surface area contributed by atoms with E-state index in [1.165, 1.54) is 6.33 Å². The Labute approximate surface area is 110 Å². The van der Waals surface area contributed by atoms with Crippen LogP contribution in [0.1, 0.15) is 16.8 Å². The molecule has 98 valence electrons. The predicted molar refractivity (Wildman–Crippen MR) is 73.0 cm³/mol. The number of amides is 1. The van der Waals surface area contributed by atoms with E-state index in [9.17, 15) is 4.79 Å². The van der Waals surface area contributed by atoms with Gasteiger partial charge in [-0.25, -0.2) is 9.97 Å². The van der Waals surface area contributed by atoms with Gasteiger partial charge >= 0.3 is 0 Å². The highest BCUT2D eigenvalue weighted by Crippen LogP contribution is 2.23. The van der Waals surface area contributed by atoms with Crippen LogP contribution in [0.2, 0.25) is 0 Å². The molecule has 0 aliphatic carbocycles. The molecule has 6 heteroatoms. The molecule has 0 bridgehead atoms. The summed E-state index contributed by atoms with van der Waals surface area (Å²) in [7, 11) is 0. The number of fused-ring (bicyclic) bond motifs is 1. The fraction of sp³-hybridized carbons (Fsp3) is 0.308. The Bertz CT molecular complexity index is 621. The molecule has 3 rings (SSSR count). The second kappa shape index (κ2) is 4.81. The Morgan fingerprint density at radius 1 is 1.42 bits per heavy atom. The van der Waals surface area contributed by atoms with Crippen molar-refractivity contribution in [3.05, 3.63) is 30.1 Å². The number of rotatable bonds is 3. The van der Waals surface area contributed by atoms with Gasteiger partial charge < -0.3 is 16.4 Å². The highest BCUT2D eigenvalue weighted by Gasteiger charge is 2.17. The van der Waals surface area contributed by atoms with Crippen molar-refractivity contribution in [3.63, 3.8) is 0 Å². The number of hydrogen-bond acceptors (Lipinski definition) is 5. The van der Waals surface area contributed by atoms with Crippen LogP contribution < -0.4 is 16.4 Å². The van der Waals surface area contributed by atoms with Gasteiger partial charge in [0.1, 0.15) is 12.1 Å². The third-order valence-corrected chi connectivity index (χ3v) is 3.33. The highest BCUT2D eigenvalue weighted by atomic mass is 16.1. The summed E-state index contributed by atoms with van der Waals surface area (Å²) >= 11 is 0. The summed E-state index contributed by atoms with van der Waals surface area (Å²) in [6.07, 6.45) is 2.51. The Morgan fingerprint density at radius 2 is 2.32 bits per heavy atom. The normalized spacial score (nSPS) is 18.6. The van der Waals surface area contributed by atoms with Crippen molar-refractivity contribution < 1.29 is 4.79 Å². The molecule has 1 atom stereocenters. The quantitative estimate of drug-likeness (QED) is 0.744. The van der Waals surface area contributed by atoms with Gasteiger partial charge in [0.05, 0.1) is 11.1 Å². The lowest BCUT2D eigenvalue weighted by Gasteiger charge is -2.14. The van der Waals surface area contributed by atoms with E-state index in [2.05, 4.69) is 20.6 Å². The van der Waals surface area contributed by atoms with E-state index in [0.29, 0.717) is 17.1 Å². The van der Waals surface area contributed by atoms with Crippen LogP contribution in [0.25, 0.3) is 10.9 Å². The first-order valence-corrected chi connectivity index (χ1v) is 6.26. The maximum Gasteiger partial charge on any atom is 0.250 e. The molecule has 4 N–H and O–H groups in total. The third-order valence-electron chi connectivity index (χ3n) is 3.33. The standard InChI is InChI=1S/C13H15N5O/c14-12(19)9-2-1-3-10-11(9)16-7-17-13(10)18-8-4-5-15-6-8/h1-3,7-8,15H,4-6H2,(H2,14,19)(H,16,17,18)/t8-/m1/s1. The molecule has 0 saturated carbocycles. The molecule has 1 amide bonds. The zero-order valence-electron chi connectivity index (χ0n) is 10.4. The zero-order valence-corrected chi connectivity index (χ0v) is 10.4. The van der Waals surface area contributed by atoms with Crippen molar-refractivity contribution in [2.75, 3.05) is 18.4 Å². The number of nitrogens with zero attached hydrogens (tertiary/aromatic N) is 2. The van der Waals surface area contributed by atoms with Gasteiger partial charge in [0, 0.05) is 18.0 Å². The van der Waals surface area contributed by atoms with E-state index < -0.39 is 5.91 Å². The molecule has 2 heterocycles. The molecule has 6 nitrogen and oxygen atoms in total. The van der Waals surface area contributed by atoms with Gasteiger partial charge in [-0.3, -0.25) is 4.79 Å². The maximum atomic E-state index is 11.4.